The second-order valence-electron chi connectivity index (χ2n) is 2.76. The molecule has 1 rings (SSSR count). The average molecular weight is 112 g/mol. The van der Waals surface area contributed by atoms with Gasteiger partial charge in [0.25, 0.3) is 0 Å². The van der Waals surface area contributed by atoms with Crippen molar-refractivity contribution in [3.63, 3.8) is 0 Å². The summed E-state index contributed by atoms with van der Waals surface area (Å²) in [6.45, 7) is 4.74. The van der Waals surface area contributed by atoms with Gasteiger partial charge in [-0.25, -0.2) is 0 Å². The van der Waals surface area contributed by atoms with E-state index in [0.29, 0.717) is 0 Å². The topological polar surface area (TPSA) is 3.24 Å². The summed E-state index contributed by atoms with van der Waals surface area (Å²) >= 11 is 0. The quantitative estimate of drug-likeness (QED) is 0.454. The van der Waals surface area contributed by atoms with E-state index in [1.54, 1.807) is 0 Å². The molecule has 0 aromatic carbocycles. The summed E-state index contributed by atoms with van der Waals surface area (Å²) in [5.41, 5.74) is 0. The minimum atomic E-state index is 0.853. The Balaban J connectivity index is 2.19. The van der Waals surface area contributed by atoms with Crippen LogP contribution in [0.25, 0.3) is 0 Å². The maximum Gasteiger partial charge on any atom is 0.00124 e. The van der Waals surface area contributed by atoms with Crippen molar-refractivity contribution in [1.82, 2.24) is 4.90 Å². The maximum atomic E-state index is 2.38. The molecule has 1 heterocycles. The van der Waals surface area contributed by atoms with Gasteiger partial charge in [-0.1, -0.05) is 6.92 Å². The summed E-state index contributed by atoms with van der Waals surface area (Å²) in [5, 5.41) is 0. The van der Waals surface area contributed by atoms with Crippen LogP contribution in [-0.2, 0) is 0 Å². The van der Waals surface area contributed by atoms with Gasteiger partial charge < -0.3 is 4.90 Å². The highest BCUT2D eigenvalue weighted by molar-refractivity contribution is 4.81. The molecule has 0 N–H and O–H groups in total. The number of likely N-dealkylation sites (tertiary alicyclic amines) is 1. The Hall–Kier alpha value is -0.0400. The molecule has 0 saturated carbocycles. The van der Waals surface area contributed by atoms with E-state index >= 15 is 0 Å². The Morgan fingerprint density at radius 1 is 1.62 bits per heavy atom. The van der Waals surface area contributed by atoms with Crippen molar-refractivity contribution in [3.8, 4) is 0 Å². The minimum absolute atomic E-state index is 0.853. The van der Waals surface area contributed by atoms with Gasteiger partial charge >= 0.3 is 0 Å². The fourth-order valence-corrected chi connectivity index (χ4v) is 0.993. The van der Waals surface area contributed by atoms with Gasteiger partial charge in [0.1, 0.15) is 0 Å². The SMILES string of the molecule is CC1[CH]CN(C)CC1. The van der Waals surface area contributed by atoms with Crippen molar-refractivity contribution in [2.24, 2.45) is 5.92 Å². The van der Waals surface area contributed by atoms with Crippen molar-refractivity contribution in [1.29, 1.82) is 0 Å². The lowest BCUT2D eigenvalue weighted by Gasteiger charge is -2.25. The van der Waals surface area contributed by atoms with Gasteiger partial charge in [-0.3, -0.25) is 0 Å². The van der Waals surface area contributed by atoms with Crippen molar-refractivity contribution in [2.75, 3.05) is 20.1 Å². The number of piperidine rings is 1. The van der Waals surface area contributed by atoms with Gasteiger partial charge in [0.15, 0.2) is 0 Å². The van der Waals surface area contributed by atoms with Crippen LogP contribution in [-0.4, -0.2) is 25.0 Å². The summed E-state index contributed by atoms with van der Waals surface area (Å²) < 4.78 is 0. The monoisotopic (exact) mass is 112 g/mol. The van der Waals surface area contributed by atoms with E-state index in [1.807, 2.05) is 0 Å². The molecule has 1 fully saturated rings. The molecule has 1 heteroatoms. The van der Waals surface area contributed by atoms with E-state index in [2.05, 4.69) is 25.3 Å². The molecule has 1 unspecified atom stereocenters. The molecule has 0 aromatic heterocycles. The Morgan fingerprint density at radius 2 is 2.38 bits per heavy atom. The van der Waals surface area contributed by atoms with E-state index in [-0.39, 0.29) is 0 Å². The zero-order chi connectivity index (χ0) is 5.98. The largest absolute Gasteiger partial charge is 0.306 e. The smallest absolute Gasteiger partial charge is 0.00124 e. The molecule has 0 aliphatic carbocycles. The van der Waals surface area contributed by atoms with Crippen molar-refractivity contribution in [3.05, 3.63) is 6.42 Å². The number of rotatable bonds is 0. The second-order valence-corrected chi connectivity index (χ2v) is 2.76. The van der Waals surface area contributed by atoms with Crippen LogP contribution < -0.4 is 0 Å². The van der Waals surface area contributed by atoms with Gasteiger partial charge in [-0.05, 0) is 32.4 Å². The van der Waals surface area contributed by atoms with E-state index in [9.17, 15) is 0 Å². The first-order valence-electron chi connectivity index (χ1n) is 3.31. The third-order valence-electron chi connectivity index (χ3n) is 1.79. The first-order chi connectivity index (χ1) is 3.79. The van der Waals surface area contributed by atoms with Gasteiger partial charge in [-0.15, -0.1) is 0 Å². The molecule has 0 spiro atoms. The fourth-order valence-electron chi connectivity index (χ4n) is 0.993. The molecule has 1 nitrogen and oxygen atoms in total. The Labute approximate surface area is 51.7 Å². The molecule has 1 radical (unpaired) electrons. The van der Waals surface area contributed by atoms with Crippen molar-refractivity contribution in [2.45, 2.75) is 13.3 Å². The van der Waals surface area contributed by atoms with Crippen LogP contribution in [0.5, 0.6) is 0 Å². The number of hydrogen-bond acceptors (Lipinski definition) is 1. The van der Waals surface area contributed by atoms with Gasteiger partial charge in [0, 0.05) is 6.54 Å². The molecular formula is C7H14N. The summed E-state index contributed by atoms with van der Waals surface area (Å²) in [6, 6.07) is 0. The zero-order valence-corrected chi connectivity index (χ0v) is 5.72. The van der Waals surface area contributed by atoms with E-state index in [0.717, 1.165) is 5.92 Å². The first kappa shape index (κ1) is 6.09. The van der Waals surface area contributed by atoms with Crippen LogP contribution in [0.3, 0.4) is 0 Å². The van der Waals surface area contributed by atoms with Gasteiger partial charge in [0.05, 0.1) is 0 Å². The highest BCUT2D eigenvalue weighted by Crippen LogP contribution is 2.12. The summed E-state index contributed by atoms with van der Waals surface area (Å²) in [7, 11) is 2.17. The predicted molar refractivity (Wildman–Crippen MR) is 35.6 cm³/mol. The minimum Gasteiger partial charge on any atom is -0.306 e. The van der Waals surface area contributed by atoms with Crippen molar-refractivity contribution >= 4 is 0 Å². The summed E-state index contributed by atoms with van der Waals surface area (Å²) in [5.74, 6) is 0.853. The van der Waals surface area contributed by atoms with E-state index in [4.69, 9.17) is 0 Å². The van der Waals surface area contributed by atoms with Crippen LogP contribution in [0.2, 0.25) is 0 Å². The van der Waals surface area contributed by atoms with Crippen LogP contribution in [0.15, 0.2) is 0 Å². The molecule has 0 aromatic rings. The van der Waals surface area contributed by atoms with Crippen LogP contribution in [0, 0.1) is 12.3 Å². The zero-order valence-electron chi connectivity index (χ0n) is 5.72. The molecule has 1 aliphatic heterocycles. The second kappa shape index (κ2) is 2.49. The lowest BCUT2D eigenvalue weighted by atomic mass is 10.00. The lowest BCUT2D eigenvalue weighted by molar-refractivity contribution is 0.282. The molecule has 1 aliphatic rings. The summed E-state index contributed by atoms with van der Waals surface area (Å²) in [6.07, 6.45) is 3.72. The van der Waals surface area contributed by atoms with E-state index in [1.165, 1.54) is 19.5 Å². The Morgan fingerprint density at radius 3 is 2.75 bits per heavy atom. The molecular weight excluding hydrogens is 98.1 g/mol. The third kappa shape index (κ3) is 1.48. The molecule has 47 valence electrons. The predicted octanol–water partition coefficient (Wildman–Crippen LogP) is 1.16. The third-order valence-corrected chi connectivity index (χ3v) is 1.79. The molecule has 1 saturated heterocycles. The number of hydrogen-bond donors (Lipinski definition) is 0. The molecule has 0 bridgehead atoms. The maximum absolute atomic E-state index is 2.38. The van der Waals surface area contributed by atoms with Crippen LogP contribution in [0.4, 0.5) is 0 Å². The van der Waals surface area contributed by atoms with Crippen molar-refractivity contribution < 1.29 is 0 Å². The van der Waals surface area contributed by atoms with Crippen LogP contribution >= 0.6 is 0 Å². The average Bonchev–Trinajstić information content (AvgIpc) is 1.77. The Bertz CT molecular complexity index is 52.8. The molecule has 8 heavy (non-hydrogen) atoms. The normalized spacial score (nSPS) is 26.2. The number of nitrogens with zero attached hydrogens (tertiary/aromatic N) is 1. The first-order valence-corrected chi connectivity index (χ1v) is 3.31. The van der Waals surface area contributed by atoms with E-state index < -0.39 is 0 Å². The lowest BCUT2D eigenvalue weighted by Crippen LogP contribution is -2.29. The molecule has 0 amide bonds. The standard InChI is InChI=1S/C7H14N/c1-7-3-5-8(2)6-4-7/h3,7H,4-6H2,1-2H3. The van der Waals surface area contributed by atoms with Gasteiger partial charge in [-0.2, -0.15) is 0 Å². The highest BCUT2D eigenvalue weighted by Gasteiger charge is 2.10. The van der Waals surface area contributed by atoms with Crippen LogP contribution in [0.1, 0.15) is 13.3 Å². The van der Waals surface area contributed by atoms with Gasteiger partial charge in [0.2, 0.25) is 0 Å². The Kier molecular flexibility index (Phi) is 1.90. The summed E-state index contributed by atoms with van der Waals surface area (Å²) in [4.78, 5) is 2.35. The fraction of sp³-hybridized carbons (Fsp3) is 0.857. The molecule has 1 atom stereocenters. The highest BCUT2D eigenvalue weighted by atomic mass is 15.1.